The smallest absolute Gasteiger partial charge is 0.128 e. The maximum atomic E-state index is 4.51. The molecule has 1 heterocycles. The molecule has 0 spiro atoms. The van der Waals surface area contributed by atoms with Crippen LogP contribution in [0.25, 0.3) is 0 Å². The van der Waals surface area contributed by atoms with Gasteiger partial charge in [-0.15, -0.1) is 0 Å². The molecule has 3 heteroatoms. The van der Waals surface area contributed by atoms with E-state index in [1.165, 1.54) is 0 Å². The summed E-state index contributed by atoms with van der Waals surface area (Å²) >= 11 is 3.45. The molecule has 1 aromatic heterocycles. The summed E-state index contributed by atoms with van der Waals surface area (Å²) in [4.78, 5) is 6.81. The quantitative estimate of drug-likeness (QED) is 0.754. The molecule has 0 saturated heterocycles. The second-order valence-corrected chi connectivity index (χ2v) is 4.05. The van der Waals surface area contributed by atoms with Gasteiger partial charge in [0.15, 0.2) is 0 Å². The number of hydrogen-bond acceptors (Lipinski definition) is 2. The van der Waals surface area contributed by atoms with Gasteiger partial charge in [0.25, 0.3) is 0 Å². The predicted octanol–water partition coefficient (Wildman–Crippen LogP) is 3.00. The lowest BCUT2D eigenvalue weighted by molar-refractivity contribution is 0.783. The van der Waals surface area contributed by atoms with E-state index in [-0.39, 0.29) is 0 Å². The Labute approximate surface area is 94.5 Å². The van der Waals surface area contributed by atoms with E-state index in [0.717, 1.165) is 36.4 Å². The van der Waals surface area contributed by atoms with Crippen LogP contribution in [0.1, 0.15) is 19.0 Å². The van der Waals surface area contributed by atoms with E-state index >= 15 is 0 Å². The summed E-state index contributed by atoms with van der Waals surface area (Å²) in [6, 6.07) is 6.17. The standard InChI is InChI=1S/C11H17BrN2/c1-3-14(9-5-8-12)11-7-4-6-10(2)13-11/h4,6-7H,3,5,8-9H2,1-2H3. The van der Waals surface area contributed by atoms with Gasteiger partial charge in [0.05, 0.1) is 0 Å². The van der Waals surface area contributed by atoms with Gasteiger partial charge in [0.2, 0.25) is 0 Å². The average Bonchev–Trinajstić information content (AvgIpc) is 2.19. The van der Waals surface area contributed by atoms with Crippen molar-refractivity contribution in [1.29, 1.82) is 0 Å². The summed E-state index contributed by atoms with van der Waals surface area (Å²) in [5.74, 6) is 1.09. The number of halogens is 1. The number of nitrogens with zero attached hydrogens (tertiary/aromatic N) is 2. The van der Waals surface area contributed by atoms with E-state index in [4.69, 9.17) is 0 Å². The monoisotopic (exact) mass is 256 g/mol. The fourth-order valence-electron chi connectivity index (χ4n) is 1.39. The minimum Gasteiger partial charge on any atom is -0.357 e. The van der Waals surface area contributed by atoms with Crippen molar-refractivity contribution in [2.75, 3.05) is 23.3 Å². The second-order valence-electron chi connectivity index (χ2n) is 3.26. The number of rotatable bonds is 5. The molecule has 0 bridgehead atoms. The molecule has 0 saturated carbocycles. The van der Waals surface area contributed by atoms with Crippen LogP contribution in [0.3, 0.4) is 0 Å². The predicted molar refractivity (Wildman–Crippen MR) is 65.3 cm³/mol. The van der Waals surface area contributed by atoms with Crippen LogP contribution in [0.5, 0.6) is 0 Å². The molecule has 0 aliphatic carbocycles. The van der Waals surface area contributed by atoms with Crippen molar-refractivity contribution in [2.24, 2.45) is 0 Å². The van der Waals surface area contributed by atoms with Gasteiger partial charge >= 0.3 is 0 Å². The van der Waals surface area contributed by atoms with Crippen molar-refractivity contribution >= 4 is 21.7 Å². The van der Waals surface area contributed by atoms with E-state index in [2.05, 4.69) is 44.9 Å². The molecule has 2 nitrogen and oxygen atoms in total. The first-order valence-electron chi connectivity index (χ1n) is 5.02. The van der Waals surface area contributed by atoms with Crippen LogP contribution < -0.4 is 4.90 Å². The Balaban J connectivity index is 2.68. The van der Waals surface area contributed by atoms with Gasteiger partial charge in [-0.1, -0.05) is 22.0 Å². The molecule has 78 valence electrons. The van der Waals surface area contributed by atoms with Crippen LogP contribution in [-0.4, -0.2) is 23.4 Å². The van der Waals surface area contributed by atoms with E-state index in [0.29, 0.717) is 0 Å². The Hall–Kier alpha value is -0.570. The third-order valence-corrected chi connectivity index (χ3v) is 2.70. The van der Waals surface area contributed by atoms with Crippen molar-refractivity contribution in [3.8, 4) is 0 Å². The molecule has 0 aromatic carbocycles. The molecule has 0 N–H and O–H groups in total. The molecule has 0 unspecified atom stereocenters. The minimum absolute atomic E-state index is 1.02. The third-order valence-electron chi connectivity index (χ3n) is 2.14. The molecule has 1 aromatic rings. The lowest BCUT2D eigenvalue weighted by Gasteiger charge is -2.21. The van der Waals surface area contributed by atoms with Crippen LogP contribution in [-0.2, 0) is 0 Å². The van der Waals surface area contributed by atoms with Crippen molar-refractivity contribution in [2.45, 2.75) is 20.3 Å². The molecule has 0 aliphatic rings. The minimum atomic E-state index is 1.02. The molecule has 0 atom stereocenters. The molecule has 0 amide bonds. The van der Waals surface area contributed by atoms with Gasteiger partial charge in [-0.25, -0.2) is 4.98 Å². The summed E-state index contributed by atoms with van der Waals surface area (Å²) in [6.45, 7) is 6.28. The number of anilines is 1. The van der Waals surface area contributed by atoms with E-state index in [1.54, 1.807) is 0 Å². The highest BCUT2D eigenvalue weighted by Gasteiger charge is 2.04. The van der Waals surface area contributed by atoms with Crippen molar-refractivity contribution in [3.05, 3.63) is 23.9 Å². The summed E-state index contributed by atoms with van der Waals surface area (Å²) in [6.07, 6.45) is 1.16. The topological polar surface area (TPSA) is 16.1 Å². The molecule has 1 rings (SSSR count). The zero-order chi connectivity index (χ0) is 10.4. The first kappa shape index (κ1) is 11.5. The van der Waals surface area contributed by atoms with Gasteiger partial charge in [0.1, 0.15) is 5.82 Å². The maximum Gasteiger partial charge on any atom is 0.128 e. The summed E-state index contributed by atoms with van der Waals surface area (Å²) < 4.78 is 0. The Morgan fingerprint density at radius 2 is 2.21 bits per heavy atom. The summed E-state index contributed by atoms with van der Waals surface area (Å²) in [5.41, 5.74) is 1.08. The maximum absolute atomic E-state index is 4.51. The first-order valence-corrected chi connectivity index (χ1v) is 6.14. The van der Waals surface area contributed by atoms with Gasteiger partial charge in [-0.3, -0.25) is 0 Å². The summed E-state index contributed by atoms with van der Waals surface area (Å²) in [5, 5.41) is 1.05. The largest absolute Gasteiger partial charge is 0.357 e. The fourth-order valence-corrected chi connectivity index (χ4v) is 1.64. The average molecular weight is 257 g/mol. The van der Waals surface area contributed by atoms with Crippen LogP contribution in [0, 0.1) is 6.92 Å². The Bertz CT molecular complexity index is 276. The molecule has 0 fully saturated rings. The van der Waals surface area contributed by atoms with Crippen LogP contribution in [0.2, 0.25) is 0 Å². The Morgan fingerprint density at radius 1 is 1.43 bits per heavy atom. The lowest BCUT2D eigenvalue weighted by Crippen LogP contribution is -2.25. The fraction of sp³-hybridized carbons (Fsp3) is 0.545. The lowest BCUT2D eigenvalue weighted by atomic mass is 10.3. The SMILES string of the molecule is CCN(CCCBr)c1cccc(C)n1. The molecular weight excluding hydrogens is 240 g/mol. The van der Waals surface area contributed by atoms with Crippen molar-refractivity contribution in [3.63, 3.8) is 0 Å². The highest BCUT2D eigenvalue weighted by Crippen LogP contribution is 2.11. The van der Waals surface area contributed by atoms with Crippen LogP contribution in [0.4, 0.5) is 5.82 Å². The van der Waals surface area contributed by atoms with Crippen LogP contribution >= 0.6 is 15.9 Å². The van der Waals surface area contributed by atoms with Gasteiger partial charge in [-0.05, 0) is 32.4 Å². The highest BCUT2D eigenvalue weighted by atomic mass is 79.9. The van der Waals surface area contributed by atoms with E-state index in [9.17, 15) is 0 Å². The molecule has 14 heavy (non-hydrogen) atoms. The van der Waals surface area contributed by atoms with Gasteiger partial charge in [0, 0.05) is 24.1 Å². The Kier molecular flexibility index (Phi) is 4.94. The number of aromatic nitrogens is 1. The third kappa shape index (κ3) is 3.29. The number of alkyl halides is 1. The molecular formula is C11H17BrN2. The second kappa shape index (κ2) is 6.02. The number of hydrogen-bond donors (Lipinski definition) is 0. The van der Waals surface area contributed by atoms with Crippen LogP contribution in [0.15, 0.2) is 18.2 Å². The van der Waals surface area contributed by atoms with Gasteiger partial charge < -0.3 is 4.90 Å². The summed E-state index contributed by atoms with van der Waals surface area (Å²) in [7, 11) is 0. The zero-order valence-corrected chi connectivity index (χ0v) is 10.4. The van der Waals surface area contributed by atoms with E-state index < -0.39 is 0 Å². The van der Waals surface area contributed by atoms with Gasteiger partial charge in [-0.2, -0.15) is 0 Å². The molecule has 0 aliphatic heterocycles. The Morgan fingerprint density at radius 3 is 2.79 bits per heavy atom. The highest BCUT2D eigenvalue weighted by molar-refractivity contribution is 9.09. The van der Waals surface area contributed by atoms with Crippen molar-refractivity contribution < 1.29 is 0 Å². The van der Waals surface area contributed by atoms with Crippen molar-refractivity contribution in [1.82, 2.24) is 4.98 Å². The van der Waals surface area contributed by atoms with E-state index in [1.807, 2.05) is 13.0 Å². The normalized spacial score (nSPS) is 10.2. The number of pyridine rings is 1. The zero-order valence-electron chi connectivity index (χ0n) is 8.83. The number of aryl methyl sites for hydroxylation is 1. The first-order chi connectivity index (χ1) is 6.77. The molecule has 0 radical (unpaired) electrons.